The maximum Gasteiger partial charge on any atom is 0.320 e. The first-order chi connectivity index (χ1) is 16.3. The highest BCUT2D eigenvalue weighted by molar-refractivity contribution is 7.89. The summed E-state index contributed by atoms with van der Waals surface area (Å²) >= 11 is 0. The van der Waals surface area contributed by atoms with Gasteiger partial charge in [0.25, 0.3) is 0 Å². The van der Waals surface area contributed by atoms with Gasteiger partial charge in [-0.3, -0.25) is 9.59 Å². The lowest BCUT2D eigenvalue weighted by Gasteiger charge is -2.35. The van der Waals surface area contributed by atoms with Gasteiger partial charge in [0.1, 0.15) is 0 Å². The fraction of sp³-hybridized carbons (Fsp3) is 0.360. The third kappa shape index (κ3) is 4.33. The van der Waals surface area contributed by atoms with Crippen LogP contribution in [0.15, 0.2) is 53.4 Å². The first-order valence-corrected chi connectivity index (χ1v) is 12.6. The van der Waals surface area contributed by atoms with Crippen LogP contribution < -0.4 is 0 Å². The summed E-state index contributed by atoms with van der Waals surface area (Å²) in [5.74, 6) is -2.53. The van der Waals surface area contributed by atoms with E-state index in [4.69, 9.17) is 9.47 Å². The third-order valence-electron chi connectivity index (χ3n) is 6.44. The highest BCUT2D eigenvalue weighted by atomic mass is 32.2. The molecule has 1 aromatic heterocycles. The summed E-state index contributed by atoms with van der Waals surface area (Å²) in [5, 5.41) is 1.05. The van der Waals surface area contributed by atoms with Gasteiger partial charge in [0.05, 0.1) is 25.2 Å². The molecule has 0 fully saturated rings. The van der Waals surface area contributed by atoms with E-state index in [1.54, 1.807) is 24.3 Å². The molecule has 3 aromatic rings. The molecule has 0 bridgehead atoms. The summed E-state index contributed by atoms with van der Waals surface area (Å²) in [6.45, 7) is 2.19. The fourth-order valence-electron chi connectivity index (χ4n) is 4.66. The van der Waals surface area contributed by atoms with E-state index in [0.29, 0.717) is 6.42 Å². The van der Waals surface area contributed by atoms with E-state index in [9.17, 15) is 18.0 Å². The van der Waals surface area contributed by atoms with Crippen LogP contribution in [0.25, 0.3) is 10.9 Å². The molecule has 0 radical (unpaired) electrons. The van der Waals surface area contributed by atoms with Crippen LogP contribution in [0, 0.1) is 12.8 Å². The number of esters is 2. The van der Waals surface area contributed by atoms with E-state index in [2.05, 4.69) is 4.98 Å². The van der Waals surface area contributed by atoms with Crippen molar-refractivity contribution < 1.29 is 27.5 Å². The predicted molar refractivity (Wildman–Crippen MR) is 127 cm³/mol. The first kappa shape index (κ1) is 24.0. The molecule has 2 aromatic carbocycles. The highest BCUT2D eigenvalue weighted by Gasteiger charge is 2.40. The van der Waals surface area contributed by atoms with Gasteiger partial charge in [-0.05, 0) is 49.9 Å². The standard InChI is InChI=1S/C25H28N2O6S/c1-16-8-10-17(11-9-16)34(30,31)27-15-14-19-18-6-4-5-7-21(18)26-23(19)22(27)13-12-20(24(28)32-2)25(29)33-3/h4-11,20,22,26H,12-15H2,1-3H3. The van der Waals surface area contributed by atoms with Gasteiger partial charge >= 0.3 is 11.9 Å². The molecule has 1 aliphatic rings. The summed E-state index contributed by atoms with van der Waals surface area (Å²) in [6.07, 6.45) is 0.872. The first-order valence-electron chi connectivity index (χ1n) is 11.1. The third-order valence-corrected chi connectivity index (χ3v) is 8.36. The van der Waals surface area contributed by atoms with E-state index < -0.39 is 33.9 Å². The number of aromatic amines is 1. The number of carbonyl (C=O) groups excluding carboxylic acids is 2. The summed E-state index contributed by atoms with van der Waals surface area (Å²) in [7, 11) is -1.40. The number of rotatable bonds is 7. The zero-order valence-corrected chi connectivity index (χ0v) is 20.2. The van der Waals surface area contributed by atoms with E-state index in [0.717, 1.165) is 27.7 Å². The van der Waals surface area contributed by atoms with Crippen LogP contribution in [0.4, 0.5) is 0 Å². The number of hydrogen-bond donors (Lipinski definition) is 1. The predicted octanol–water partition coefficient (Wildman–Crippen LogP) is 3.51. The van der Waals surface area contributed by atoms with Crippen LogP contribution in [0.5, 0.6) is 0 Å². The number of ether oxygens (including phenoxy) is 2. The molecule has 1 atom stereocenters. The Bertz CT molecular complexity index is 1300. The molecular weight excluding hydrogens is 456 g/mol. The number of carbonyl (C=O) groups is 2. The minimum absolute atomic E-state index is 0.0821. The average molecular weight is 485 g/mol. The van der Waals surface area contributed by atoms with Crippen molar-refractivity contribution in [2.75, 3.05) is 20.8 Å². The van der Waals surface area contributed by atoms with Gasteiger partial charge in [-0.1, -0.05) is 35.9 Å². The van der Waals surface area contributed by atoms with Crippen molar-refractivity contribution in [1.29, 1.82) is 0 Å². The Balaban J connectivity index is 1.76. The summed E-state index contributed by atoms with van der Waals surface area (Å²) in [5.41, 5.74) is 3.73. The molecule has 180 valence electrons. The molecule has 2 heterocycles. The topological polar surface area (TPSA) is 106 Å². The number of nitrogens with zero attached hydrogens (tertiary/aromatic N) is 1. The Morgan fingerprint density at radius 1 is 1.06 bits per heavy atom. The second-order valence-electron chi connectivity index (χ2n) is 8.43. The molecule has 0 saturated carbocycles. The Labute approximate surface area is 198 Å². The quantitative estimate of drug-likeness (QED) is 0.406. The Hall–Kier alpha value is -3.17. The molecule has 34 heavy (non-hydrogen) atoms. The lowest BCUT2D eigenvalue weighted by molar-refractivity contribution is -0.159. The number of aryl methyl sites for hydroxylation is 1. The second kappa shape index (κ2) is 9.60. The van der Waals surface area contributed by atoms with E-state index in [1.165, 1.54) is 18.5 Å². The van der Waals surface area contributed by atoms with E-state index >= 15 is 0 Å². The number of aromatic nitrogens is 1. The molecule has 0 saturated heterocycles. The van der Waals surface area contributed by atoms with Crippen LogP contribution in [-0.4, -0.2) is 50.4 Å². The van der Waals surface area contributed by atoms with Crippen molar-refractivity contribution in [3.8, 4) is 0 Å². The number of methoxy groups -OCH3 is 2. The maximum atomic E-state index is 13.7. The van der Waals surface area contributed by atoms with Crippen molar-refractivity contribution >= 4 is 32.9 Å². The molecule has 9 heteroatoms. The van der Waals surface area contributed by atoms with Crippen molar-refractivity contribution in [2.45, 2.75) is 37.1 Å². The lowest BCUT2D eigenvalue weighted by atomic mass is 9.93. The molecule has 8 nitrogen and oxygen atoms in total. The van der Waals surface area contributed by atoms with Gasteiger partial charge in [-0.25, -0.2) is 8.42 Å². The molecule has 0 spiro atoms. The van der Waals surface area contributed by atoms with E-state index in [-0.39, 0.29) is 24.3 Å². The Kier molecular flexibility index (Phi) is 6.77. The van der Waals surface area contributed by atoms with Gasteiger partial charge in [0.2, 0.25) is 10.0 Å². The SMILES string of the molecule is COC(=O)C(CCC1c2[nH]c3ccccc3c2CCN1S(=O)(=O)c1ccc(C)cc1)C(=O)OC. The van der Waals surface area contributed by atoms with Crippen molar-refractivity contribution in [3.63, 3.8) is 0 Å². The van der Waals surface area contributed by atoms with Gasteiger partial charge in [0.15, 0.2) is 5.92 Å². The minimum Gasteiger partial charge on any atom is -0.468 e. The van der Waals surface area contributed by atoms with Gasteiger partial charge < -0.3 is 14.5 Å². The van der Waals surface area contributed by atoms with Crippen molar-refractivity contribution in [2.24, 2.45) is 5.92 Å². The number of nitrogens with one attached hydrogen (secondary N) is 1. The number of hydrogen-bond acceptors (Lipinski definition) is 6. The molecule has 1 unspecified atom stereocenters. The fourth-order valence-corrected chi connectivity index (χ4v) is 6.29. The van der Waals surface area contributed by atoms with Crippen LogP contribution in [0.3, 0.4) is 0 Å². The number of sulfonamides is 1. The largest absolute Gasteiger partial charge is 0.468 e. The Morgan fingerprint density at radius 2 is 1.71 bits per heavy atom. The van der Waals surface area contributed by atoms with Crippen LogP contribution in [0.2, 0.25) is 0 Å². The summed E-state index contributed by atoms with van der Waals surface area (Å²) in [6, 6.07) is 14.0. The van der Waals surface area contributed by atoms with Gasteiger partial charge in [0, 0.05) is 23.1 Å². The van der Waals surface area contributed by atoms with E-state index in [1.807, 2.05) is 31.2 Å². The Morgan fingerprint density at radius 3 is 2.35 bits per heavy atom. The highest BCUT2D eigenvalue weighted by Crippen LogP contribution is 2.40. The molecule has 1 aliphatic heterocycles. The van der Waals surface area contributed by atoms with Crippen LogP contribution >= 0.6 is 0 Å². The molecular formula is C25H28N2O6S. The maximum absolute atomic E-state index is 13.7. The average Bonchev–Trinajstić information content (AvgIpc) is 3.23. The van der Waals surface area contributed by atoms with Gasteiger partial charge in [-0.15, -0.1) is 0 Å². The zero-order valence-electron chi connectivity index (χ0n) is 19.4. The number of para-hydroxylation sites is 1. The normalized spacial score (nSPS) is 16.4. The number of fused-ring (bicyclic) bond motifs is 3. The van der Waals surface area contributed by atoms with Crippen molar-refractivity contribution in [3.05, 3.63) is 65.4 Å². The minimum atomic E-state index is -3.83. The number of benzene rings is 2. The second-order valence-corrected chi connectivity index (χ2v) is 10.3. The molecule has 4 rings (SSSR count). The number of H-pyrrole nitrogens is 1. The van der Waals surface area contributed by atoms with Crippen molar-refractivity contribution in [1.82, 2.24) is 9.29 Å². The zero-order chi connectivity index (χ0) is 24.5. The van der Waals surface area contributed by atoms with Crippen LogP contribution in [0.1, 0.15) is 35.7 Å². The lowest BCUT2D eigenvalue weighted by Crippen LogP contribution is -2.40. The smallest absolute Gasteiger partial charge is 0.320 e. The van der Waals surface area contributed by atoms with Gasteiger partial charge in [-0.2, -0.15) is 4.31 Å². The summed E-state index contributed by atoms with van der Waals surface area (Å²) in [4.78, 5) is 28.1. The summed E-state index contributed by atoms with van der Waals surface area (Å²) < 4.78 is 38.4. The van der Waals surface area contributed by atoms with Crippen LogP contribution in [-0.2, 0) is 35.5 Å². The molecule has 1 N–H and O–H groups in total. The molecule has 0 aliphatic carbocycles. The molecule has 0 amide bonds. The monoisotopic (exact) mass is 484 g/mol.